The fraction of sp³-hybridized carbons (Fsp3) is 0.211. The van der Waals surface area contributed by atoms with Gasteiger partial charge >= 0.3 is 0 Å². The lowest BCUT2D eigenvalue weighted by Crippen LogP contribution is -2.24. The van der Waals surface area contributed by atoms with Crippen molar-refractivity contribution in [1.29, 1.82) is 0 Å². The number of hydrogen-bond acceptors (Lipinski definition) is 3. The molecule has 0 aliphatic rings. The van der Waals surface area contributed by atoms with E-state index in [-0.39, 0.29) is 11.9 Å². The van der Waals surface area contributed by atoms with Gasteiger partial charge in [0.2, 0.25) is 5.91 Å². The van der Waals surface area contributed by atoms with Gasteiger partial charge in [-0.3, -0.25) is 4.79 Å². The Balaban J connectivity index is 2.01. The smallest absolute Gasteiger partial charge is 0.244 e. The molecule has 2 rings (SSSR count). The molecule has 0 bridgehead atoms. The van der Waals surface area contributed by atoms with Crippen LogP contribution in [0.3, 0.4) is 0 Å². The zero-order valence-corrected chi connectivity index (χ0v) is 13.6. The molecule has 4 heteroatoms. The normalized spacial score (nSPS) is 12.0. The molecule has 1 unspecified atom stereocenters. The summed E-state index contributed by atoms with van der Waals surface area (Å²) in [5.41, 5.74) is 1.94. The van der Waals surface area contributed by atoms with Crippen LogP contribution in [-0.4, -0.2) is 20.1 Å². The Morgan fingerprint density at radius 2 is 1.74 bits per heavy atom. The highest BCUT2D eigenvalue weighted by Crippen LogP contribution is 2.27. The van der Waals surface area contributed by atoms with Crippen molar-refractivity contribution in [1.82, 2.24) is 5.32 Å². The molecule has 0 aromatic heterocycles. The summed E-state index contributed by atoms with van der Waals surface area (Å²) in [4.78, 5) is 12.0. The van der Waals surface area contributed by atoms with Crippen LogP contribution in [0.1, 0.15) is 24.1 Å². The van der Waals surface area contributed by atoms with Crippen LogP contribution in [0.25, 0.3) is 6.08 Å². The minimum absolute atomic E-state index is 0.0428. The maximum Gasteiger partial charge on any atom is 0.244 e. The average molecular weight is 311 g/mol. The summed E-state index contributed by atoms with van der Waals surface area (Å²) in [7, 11) is 3.17. The summed E-state index contributed by atoms with van der Waals surface area (Å²) < 4.78 is 10.4. The van der Waals surface area contributed by atoms with Crippen LogP contribution in [0.15, 0.2) is 54.6 Å². The van der Waals surface area contributed by atoms with Crippen molar-refractivity contribution < 1.29 is 14.3 Å². The van der Waals surface area contributed by atoms with Crippen molar-refractivity contribution in [2.75, 3.05) is 14.2 Å². The number of ether oxygens (including phenoxy) is 2. The quantitative estimate of drug-likeness (QED) is 0.829. The maximum atomic E-state index is 12.0. The number of methoxy groups -OCH3 is 2. The Hall–Kier alpha value is -2.75. The summed E-state index contributed by atoms with van der Waals surface area (Å²) in [6.07, 6.45) is 3.26. The Bertz CT molecular complexity index is 680. The molecule has 2 aromatic carbocycles. The third kappa shape index (κ3) is 4.61. The van der Waals surface area contributed by atoms with Crippen LogP contribution in [0, 0.1) is 0 Å². The van der Waals surface area contributed by atoms with Crippen molar-refractivity contribution in [2.24, 2.45) is 0 Å². The lowest BCUT2D eigenvalue weighted by Gasteiger charge is -2.12. The molecule has 2 aromatic rings. The van der Waals surface area contributed by atoms with Gasteiger partial charge in [0, 0.05) is 6.08 Å². The Morgan fingerprint density at radius 1 is 1.04 bits per heavy atom. The predicted molar refractivity (Wildman–Crippen MR) is 91.6 cm³/mol. The minimum Gasteiger partial charge on any atom is -0.493 e. The maximum absolute atomic E-state index is 12.0. The van der Waals surface area contributed by atoms with Gasteiger partial charge in [0.05, 0.1) is 20.3 Å². The number of carbonyl (C=O) groups is 1. The minimum atomic E-state index is -0.142. The van der Waals surface area contributed by atoms with Crippen molar-refractivity contribution >= 4 is 12.0 Å². The molecule has 120 valence electrons. The second-order valence-electron chi connectivity index (χ2n) is 5.09. The molecular weight excluding hydrogens is 290 g/mol. The molecular formula is C19H21NO3. The van der Waals surface area contributed by atoms with Gasteiger partial charge in [0.15, 0.2) is 11.5 Å². The summed E-state index contributed by atoms with van der Waals surface area (Å²) in [6.45, 7) is 1.96. The molecule has 1 N–H and O–H groups in total. The molecule has 0 saturated carbocycles. The summed E-state index contributed by atoms with van der Waals surface area (Å²) in [6, 6.07) is 15.3. The molecule has 0 aliphatic heterocycles. The van der Waals surface area contributed by atoms with E-state index in [1.54, 1.807) is 20.3 Å². The second kappa shape index (κ2) is 8.03. The first-order valence-corrected chi connectivity index (χ1v) is 7.39. The standard InChI is InChI=1S/C19H21NO3/c1-14(16-7-5-4-6-8-16)20-19(21)12-10-15-9-11-17(22-2)18(13-15)23-3/h4-14H,1-3H3,(H,20,21)/b12-10+. The van der Waals surface area contributed by atoms with E-state index in [1.165, 1.54) is 6.08 Å². The molecule has 0 saturated heterocycles. The fourth-order valence-electron chi connectivity index (χ4n) is 2.21. The summed E-state index contributed by atoms with van der Waals surface area (Å²) in [5, 5.41) is 2.94. The molecule has 4 nitrogen and oxygen atoms in total. The van der Waals surface area contributed by atoms with Crippen molar-refractivity contribution in [2.45, 2.75) is 13.0 Å². The Kier molecular flexibility index (Phi) is 5.80. The van der Waals surface area contributed by atoms with Crippen molar-refractivity contribution in [3.05, 3.63) is 65.7 Å². The van der Waals surface area contributed by atoms with E-state index in [4.69, 9.17) is 9.47 Å². The largest absolute Gasteiger partial charge is 0.493 e. The highest BCUT2D eigenvalue weighted by Gasteiger charge is 2.07. The predicted octanol–water partition coefficient (Wildman–Crippen LogP) is 3.59. The van der Waals surface area contributed by atoms with Gasteiger partial charge in [-0.25, -0.2) is 0 Å². The van der Waals surface area contributed by atoms with Gasteiger partial charge in [-0.15, -0.1) is 0 Å². The van der Waals surface area contributed by atoms with Gasteiger partial charge in [-0.2, -0.15) is 0 Å². The van der Waals surface area contributed by atoms with Crippen LogP contribution in [-0.2, 0) is 4.79 Å². The van der Waals surface area contributed by atoms with Crippen LogP contribution < -0.4 is 14.8 Å². The van der Waals surface area contributed by atoms with Gasteiger partial charge in [-0.05, 0) is 36.3 Å². The number of benzene rings is 2. The van der Waals surface area contributed by atoms with Crippen LogP contribution in [0.2, 0.25) is 0 Å². The molecule has 0 spiro atoms. The van der Waals surface area contributed by atoms with Gasteiger partial charge < -0.3 is 14.8 Å². The fourth-order valence-corrected chi connectivity index (χ4v) is 2.21. The average Bonchev–Trinajstić information content (AvgIpc) is 2.60. The van der Waals surface area contributed by atoms with Crippen LogP contribution in [0.4, 0.5) is 0 Å². The lowest BCUT2D eigenvalue weighted by molar-refractivity contribution is -0.117. The molecule has 1 atom stereocenters. The molecule has 1 amide bonds. The summed E-state index contributed by atoms with van der Waals surface area (Å²) >= 11 is 0. The van der Waals surface area contributed by atoms with E-state index >= 15 is 0 Å². The van der Waals surface area contributed by atoms with E-state index in [2.05, 4.69) is 5.32 Å². The van der Waals surface area contributed by atoms with Gasteiger partial charge in [0.1, 0.15) is 0 Å². The second-order valence-corrected chi connectivity index (χ2v) is 5.09. The number of amides is 1. The molecule has 0 radical (unpaired) electrons. The molecule has 0 heterocycles. The first kappa shape index (κ1) is 16.6. The third-order valence-corrected chi connectivity index (χ3v) is 3.49. The zero-order valence-electron chi connectivity index (χ0n) is 13.6. The Morgan fingerprint density at radius 3 is 2.39 bits per heavy atom. The van der Waals surface area contributed by atoms with E-state index in [9.17, 15) is 4.79 Å². The van der Waals surface area contributed by atoms with Gasteiger partial charge in [-0.1, -0.05) is 36.4 Å². The number of carbonyl (C=O) groups excluding carboxylic acids is 1. The molecule has 23 heavy (non-hydrogen) atoms. The lowest BCUT2D eigenvalue weighted by atomic mass is 10.1. The highest BCUT2D eigenvalue weighted by atomic mass is 16.5. The van der Waals surface area contributed by atoms with Crippen LogP contribution >= 0.6 is 0 Å². The van der Waals surface area contributed by atoms with Crippen molar-refractivity contribution in [3.8, 4) is 11.5 Å². The van der Waals surface area contributed by atoms with Crippen LogP contribution in [0.5, 0.6) is 11.5 Å². The molecule has 0 aliphatic carbocycles. The topological polar surface area (TPSA) is 47.6 Å². The first-order valence-electron chi connectivity index (χ1n) is 7.39. The van der Waals surface area contributed by atoms with E-state index < -0.39 is 0 Å². The first-order chi connectivity index (χ1) is 11.1. The molecule has 0 fully saturated rings. The van der Waals surface area contributed by atoms with Gasteiger partial charge in [0.25, 0.3) is 0 Å². The monoisotopic (exact) mass is 311 g/mol. The van der Waals surface area contributed by atoms with E-state index in [1.807, 2.05) is 55.5 Å². The third-order valence-electron chi connectivity index (χ3n) is 3.49. The SMILES string of the molecule is COc1ccc(/C=C/C(=O)NC(C)c2ccccc2)cc1OC. The zero-order chi connectivity index (χ0) is 16.7. The van der Waals surface area contributed by atoms with Crippen molar-refractivity contribution in [3.63, 3.8) is 0 Å². The number of hydrogen-bond donors (Lipinski definition) is 1. The highest BCUT2D eigenvalue weighted by molar-refractivity contribution is 5.92. The van der Waals surface area contributed by atoms with E-state index in [0.717, 1.165) is 11.1 Å². The Labute approximate surface area is 136 Å². The number of rotatable bonds is 6. The number of nitrogens with one attached hydrogen (secondary N) is 1. The summed E-state index contributed by atoms with van der Waals surface area (Å²) in [5.74, 6) is 1.15. The van der Waals surface area contributed by atoms with E-state index in [0.29, 0.717) is 11.5 Å².